The average molecular weight is 470 g/mol. The van der Waals surface area contributed by atoms with Crippen LogP contribution in [0.5, 0.6) is 5.75 Å². The highest BCUT2D eigenvalue weighted by Gasteiger charge is 2.31. The molecule has 1 saturated heterocycles. The van der Waals surface area contributed by atoms with Gasteiger partial charge in [-0.3, -0.25) is 19.1 Å². The molecular formula is C24H31N5O5. The number of hydrogen-bond donors (Lipinski definition) is 1. The van der Waals surface area contributed by atoms with Gasteiger partial charge in [0.1, 0.15) is 5.75 Å². The summed E-state index contributed by atoms with van der Waals surface area (Å²) >= 11 is 0. The first-order chi connectivity index (χ1) is 16.5. The number of hydrogen-bond acceptors (Lipinski definition) is 6. The number of benzene rings is 1. The van der Waals surface area contributed by atoms with E-state index in [9.17, 15) is 14.4 Å². The lowest BCUT2D eigenvalue weighted by Crippen LogP contribution is -2.42. The van der Waals surface area contributed by atoms with Gasteiger partial charge in [0.25, 0.3) is 5.91 Å². The number of aromatic nitrogens is 2. The Labute approximate surface area is 198 Å². The molecule has 2 aliphatic heterocycles. The van der Waals surface area contributed by atoms with Crippen molar-refractivity contribution < 1.29 is 23.9 Å². The van der Waals surface area contributed by atoms with Crippen molar-refractivity contribution in [2.45, 2.75) is 32.4 Å². The maximum atomic E-state index is 13.0. The van der Waals surface area contributed by atoms with Gasteiger partial charge in [-0.1, -0.05) is 12.1 Å². The lowest BCUT2D eigenvalue weighted by molar-refractivity contribution is -0.134. The monoisotopic (exact) mass is 469 g/mol. The van der Waals surface area contributed by atoms with Crippen LogP contribution in [-0.4, -0.2) is 77.3 Å². The van der Waals surface area contributed by atoms with Crippen LogP contribution in [0.1, 0.15) is 40.2 Å². The number of aryl methyl sites for hydroxylation is 1. The van der Waals surface area contributed by atoms with Crippen molar-refractivity contribution in [3.8, 4) is 5.75 Å². The van der Waals surface area contributed by atoms with Crippen LogP contribution in [0.25, 0.3) is 0 Å². The van der Waals surface area contributed by atoms with Crippen molar-refractivity contribution in [1.82, 2.24) is 24.9 Å². The molecule has 0 spiro atoms. The zero-order valence-electron chi connectivity index (χ0n) is 19.7. The van der Waals surface area contributed by atoms with Crippen molar-refractivity contribution >= 4 is 17.7 Å². The third-order valence-corrected chi connectivity index (χ3v) is 6.31. The summed E-state index contributed by atoms with van der Waals surface area (Å²) in [4.78, 5) is 41.6. The molecule has 10 heteroatoms. The van der Waals surface area contributed by atoms with Gasteiger partial charge in [0, 0.05) is 70.3 Å². The molecule has 2 aliphatic rings. The molecule has 1 fully saturated rings. The molecule has 1 aromatic heterocycles. The van der Waals surface area contributed by atoms with E-state index in [0.717, 1.165) is 22.6 Å². The Bertz CT molecular complexity index is 1040. The molecule has 1 aromatic carbocycles. The Morgan fingerprint density at radius 3 is 2.50 bits per heavy atom. The van der Waals surface area contributed by atoms with Crippen molar-refractivity contribution in [3.05, 3.63) is 46.8 Å². The number of ether oxygens (including phenoxy) is 2. The summed E-state index contributed by atoms with van der Waals surface area (Å²) in [7, 11) is 3.44. The van der Waals surface area contributed by atoms with E-state index in [0.29, 0.717) is 58.1 Å². The minimum absolute atomic E-state index is 0.0983. The summed E-state index contributed by atoms with van der Waals surface area (Å²) in [6.07, 6.45) is 0.867. The highest BCUT2D eigenvalue weighted by atomic mass is 16.5. The molecule has 4 rings (SSSR count). The van der Waals surface area contributed by atoms with E-state index in [2.05, 4.69) is 10.4 Å². The third kappa shape index (κ3) is 5.39. The van der Waals surface area contributed by atoms with Crippen LogP contribution in [0, 0.1) is 0 Å². The number of nitrogens with one attached hydrogen (secondary N) is 1. The maximum Gasteiger partial charge on any atom is 0.274 e. The van der Waals surface area contributed by atoms with E-state index in [1.54, 1.807) is 21.6 Å². The molecule has 0 atom stereocenters. The van der Waals surface area contributed by atoms with Crippen LogP contribution < -0.4 is 10.1 Å². The normalized spacial score (nSPS) is 15.6. The number of morpholine rings is 1. The summed E-state index contributed by atoms with van der Waals surface area (Å²) in [5.74, 6) is 0.367. The summed E-state index contributed by atoms with van der Waals surface area (Å²) < 4.78 is 12.2. The van der Waals surface area contributed by atoms with E-state index in [1.807, 2.05) is 31.3 Å². The number of fused-ring (bicyclic) bond motifs is 1. The maximum absolute atomic E-state index is 13.0. The lowest BCUT2D eigenvalue weighted by Gasteiger charge is -2.29. The summed E-state index contributed by atoms with van der Waals surface area (Å²) in [5, 5.41) is 7.32. The summed E-state index contributed by atoms with van der Waals surface area (Å²) in [6, 6.07) is 7.46. The fourth-order valence-electron chi connectivity index (χ4n) is 4.30. The van der Waals surface area contributed by atoms with Crippen LogP contribution in [0.2, 0.25) is 0 Å². The SMILES string of the molecule is COc1ccc(CNC(=O)CCC(=O)N2CCc3c(c(C(=O)N4CCOCC4)nn3C)C2)cc1. The van der Waals surface area contributed by atoms with Gasteiger partial charge in [0.05, 0.1) is 20.3 Å². The second kappa shape index (κ2) is 10.7. The number of amides is 3. The number of methoxy groups -OCH3 is 1. The molecule has 0 radical (unpaired) electrons. The molecule has 2 aromatic rings. The van der Waals surface area contributed by atoms with Gasteiger partial charge >= 0.3 is 0 Å². The van der Waals surface area contributed by atoms with Crippen molar-refractivity contribution in [2.24, 2.45) is 7.05 Å². The topological polar surface area (TPSA) is 106 Å². The summed E-state index contributed by atoms with van der Waals surface area (Å²) in [6.45, 7) is 3.40. The number of carbonyl (C=O) groups excluding carboxylic acids is 3. The Hall–Kier alpha value is -3.40. The molecule has 0 unspecified atom stereocenters. The highest BCUT2D eigenvalue weighted by Crippen LogP contribution is 2.24. The number of rotatable bonds is 7. The quantitative estimate of drug-likeness (QED) is 0.646. The first-order valence-electron chi connectivity index (χ1n) is 11.6. The van der Waals surface area contributed by atoms with E-state index in [-0.39, 0.29) is 30.6 Å². The van der Waals surface area contributed by atoms with Crippen molar-refractivity contribution in [1.29, 1.82) is 0 Å². The standard InChI is InChI=1S/C24H31N5O5/c1-27-20-9-10-29(16-19(20)23(26-27)24(32)28-11-13-34-14-12-28)22(31)8-7-21(30)25-15-17-3-5-18(33-2)6-4-17/h3-6H,7-16H2,1-2H3,(H,25,30). The minimum atomic E-state index is -0.175. The number of nitrogens with zero attached hydrogens (tertiary/aromatic N) is 4. The zero-order valence-corrected chi connectivity index (χ0v) is 19.7. The predicted octanol–water partition coefficient (Wildman–Crippen LogP) is 0.882. The average Bonchev–Trinajstić information content (AvgIpc) is 3.22. The van der Waals surface area contributed by atoms with Crippen molar-refractivity contribution in [2.75, 3.05) is 40.0 Å². The first kappa shape index (κ1) is 23.7. The molecule has 0 bridgehead atoms. The fraction of sp³-hybridized carbons (Fsp3) is 0.500. The van der Waals surface area contributed by atoms with Gasteiger partial charge in [0.2, 0.25) is 11.8 Å². The van der Waals surface area contributed by atoms with Crippen LogP contribution in [0.4, 0.5) is 0 Å². The number of carbonyl (C=O) groups is 3. The first-order valence-corrected chi connectivity index (χ1v) is 11.6. The Morgan fingerprint density at radius 2 is 1.79 bits per heavy atom. The van der Waals surface area contributed by atoms with Crippen LogP contribution in [0.3, 0.4) is 0 Å². The minimum Gasteiger partial charge on any atom is -0.497 e. The Kier molecular flexibility index (Phi) is 7.46. The van der Waals surface area contributed by atoms with Crippen LogP contribution in [0.15, 0.2) is 24.3 Å². The van der Waals surface area contributed by atoms with E-state index >= 15 is 0 Å². The molecule has 1 N–H and O–H groups in total. The summed E-state index contributed by atoms with van der Waals surface area (Å²) in [5.41, 5.74) is 3.16. The molecule has 3 amide bonds. The molecule has 34 heavy (non-hydrogen) atoms. The van der Waals surface area contributed by atoms with Gasteiger partial charge < -0.3 is 24.6 Å². The fourth-order valence-corrected chi connectivity index (χ4v) is 4.30. The van der Waals surface area contributed by atoms with Gasteiger partial charge in [-0.05, 0) is 17.7 Å². The smallest absolute Gasteiger partial charge is 0.274 e. The second-order valence-electron chi connectivity index (χ2n) is 8.49. The molecular weight excluding hydrogens is 438 g/mol. The molecule has 182 valence electrons. The zero-order chi connectivity index (χ0) is 24.1. The van der Waals surface area contributed by atoms with Crippen molar-refractivity contribution in [3.63, 3.8) is 0 Å². The van der Waals surface area contributed by atoms with Crippen LogP contribution in [-0.2, 0) is 40.9 Å². The molecule has 3 heterocycles. The van der Waals surface area contributed by atoms with E-state index in [1.165, 1.54) is 0 Å². The third-order valence-electron chi connectivity index (χ3n) is 6.31. The predicted molar refractivity (Wildman–Crippen MR) is 123 cm³/mol. The molecule has 0 aliphatic carbocycles. The second-order valence-corrected chi connectivity index (χ2v) is 8.49. The molecule has 0 saturated carbocycles. The Morgan fingerprint density at radius 1 is 1.06 bits per heavy atom. The van der Waals surface area contributed by atoms with E-state index in [4.69, 9.17) is 9.47 Å². The van der Waals surface area contributed by atoms with Gasteiger partial charge in [-0.25, -0.2) is 0 Å². The lowest BCUT2D eigenvalue weighted by atomic mass is 10.0. The Balaban J connectivity index is 1.30. The highest BCUT2D eigenvalue weighted by molar-refractivity contribution is 5.94. The van der Waals surface area contributed by atoms with Gasteiger partial charge in [-0.2, -0.15) is 5.10 Å². The van der Waals surface area contributed by atoms with Gasteiger partial charge in [-0.15, -0.1) is 0 Å². The largest absolute Gasteiger partial charge is 0.497 e. The van der Waals surface area contributed by atoms with Crippen LogP contribution >= 0.6 is 0 Å². The molecule has 10 nitrogen and oxygen atoms in total. The van der Waals surface area contributed by atoms with E-state index < -0.39 is 0 Å². The van der Waals surface area contributed by atoms with Gasteiger partial charge in [0.15, 0.2) is 5.69 Å².